The number of rotatable bonds is 4. The molecule has 0 bridgehead atoms. The highest BCUT2D eigenvalue weighted by molar-refractivity contribution is 14.1. The minimum Gasteiger partial charge on any atom is -0.321 e. The molecule has 9 heteroatoms. The van der Waals surface area contributed by atoms with Crippen LogP contribution in [0, 0.1) is 3.57 Å². The molecule has 0 fully saturated rings. The fourth-order valence-electron chi connectivity index (χ4n) is 2.74. The highest BCUT2D eigenvalue weighted by Gasteiger charge is 2.27. The Balaban J connectivity index is 1.65. The number of alkyl halides is 3. The van der Waals surface area contributed by atoms with Gasteiger partial charge in [0.15, 0.2) is 0 Å². The van der Waals surface area contributed by atoms with E-state index in [1.807, 2.05) is 24.3 Å². The van der Waals surface area contributed by atoms with Crippen LogP contribution in [0.5, 0.6) is 0 Å². The van der Waals surface area contributed by atoms with Gasteiger partial charge in [0.2, 0.25) is 0 Å². The van der Waals surface area contributed by atoms with Gasteiger partial charge in [0, 0.05) is 60.8 Å². The summed E-state index contributed by atoms with van der Waals surface area (Å²) >= 11 is 4.46. The molecule has 0 aliphatic carbocycles. The Morgan fingerprint density at radius 1 is 1.10 bits per heavy atom. The number of thiophene rings is 1. The predicted molar refractivity (Wildman–Crippen MR) is 128 cm³/mol. The second-order valence-corrected chi connectivity index (χ2v) is 9.50. The number of benzene rings is 1. The summed E-state index contributed by atoms with van der Waals surface area (Å²) in [7, 11) is 0. The van der Waals surface area contributed by atoms with Gasteiger partial charge in [-0.15, -0.1) is 11.3 Å². The van der Waals surface area contributed by atoms with Gasteiger partial charge in [-0.3, -0.25) is 9.78 Å². The second-order valence-electron chi connectivity index (χ2n) is 6.06. The predicted octanol–water partition coefficient (Wildman–Crippen LogP) is 6.70. The first-order chi connectivity index (χ1) is 13.8. The Morgan fingerprint density at radius 2 is 1.86 bits per heavy atom. The van der Waals surface area contributed by atoms with Crippen molar-refractivity contribution in [1.29, 1.82) is 0 Å². The SMILES string of the molecule is O=C(Nc1cccc(C(F)(F)I)c1)c1sc2nc(-c3ccncc3)ccc2c1I. The van der Waals surface area contributed by atoms with Crippen molar-refractivity contribution in [3.63, 3.8) is 0 Å². The number of fused-ring (bicyclic) bond motifs is 1. The topological polar surface area (TPSA) is 54.9 Å². The lowest BCUT2D eigenvalue weighted by molar-refractivity contribution is 0.102. The zero-order valence-corrected chi connectivity index (χ0v) is 19.6. The molecule has 0 aliphatic heterocycles. The summed E-state index contributed by atoms with van der Waals surface area (Å²) in [4.78, 5) is 22.7. The van der Waals surface area contributed by atoms with Crippen molar-refractivity contribution in [3.8, 4) is 11.3 Å². The molecule has 29 heavy (non-hydrogen) atoms. The monoisotopic (exact) mass is 633 g/mol. The van der Waals surface area contributed by atoms with Crippen LogP contribution in [-0.4, -0.2) is 15.9 Å². The van der Waals surface area contributed by atoms with Crippen molar-refractivity contribution in [2.45, 2.75) is 3.93 Å². The number of carbonyl (C=O) groups excluding carboxylic acids is 1. The van der Waals surface area contributed by atoms with E-state index in [1.165, 1.54) is 29.5 Å². The van der Waals surface area contributed by atoms with Crippen LogP contribution in [0.15, 0.2) is 60.9 Å². The summed E-state index contributed by atoms with van der Waals surface area (Å²) < 4.78 is 24.9. The molecule has 3 heterocycles. The summed E-state index contributed by atoms with van der Waals surface area (Å²) in [5.41, 5.74) is 1.89. The number of anilines is 1. The van der Waals surface area contributed by atoms with Crippen LogP contribution in [0.1, 0.15) is 15.2 Å². The number of amides is 1. The van der Waals surface area contributed by atoms with Crippen molar-refractivity contribution in [2.75, 3.05) is 5.32 Å². The van der Waals surface area contributed by atoms with Crippen molar-refractivity contribution in [1.82, 2.24) is 9.97 Å². The zero-order chi connectivity index (χ0) is 20.6. The van der Waals surface area contributed by atoms with Crippen LogP contribution in [0.3, 0.4) is 0 Å². The number of carbonyl (C=O) groups is 1. The van der Waals surface area contributed by atoms with Crippen LogP contribution >= 0.6 is 56.5 Å². The molecule has 4 aromatic rings. The van der Waals surface area contributed by atoms with Crippen LogP contribution in [0.4, 0.5) is 14.5 Å². The summed E-state index contributed by atoms with van der Waals surface area (Å²) in [6, 6.07) is 13.3. The number of hydrogen-bond acceptors (Lipinski definition) is 4. The maximum atomic E-state index is 13.5. The van der Waals surface area contributed by atoms with Crippen LogP contribution in [-0.2, 0) is 3.93 Å². The maximum absolute atomic E-state index is 13.5. The zero-order valence-electron chi connectivity index (χ0n) is 14.5. The lowest BCUT2D eigenvalue weighted by Crippen LogP contribution is -2.12. The molecule has 0 spiro atoms. The minimum atomic E-state index is -3.00. The molecule has 146 valence electrons. The standard InChI is InChI=1S/C20H11F2I2N3OS/c21-20(22,24)12-2-1-3-13(10-12)26-18(28)17-16(23)14-4-5-15(27-19(14)29-17)11-6-8-25-9-7-11/h1-10H,(H,26,28). The molecule has 1 aromatic carbocycles. The molecule has 0 aliphatic rings. The smallest absolute Gasteiger partial charge is 0.321 e. The Kier molecular flexibility index (Phi) is 5.80. The highest BCUT2D eigenvalue weighted by Crippen LogP contribution is 2.37. The second kappa shape index (κ2) is 8.19. The molecule has 3 aromatic heterocycles. The molecule has 0 atom stereocenters. The van der Waals surface area contributed by atoms with E-state index in [2.05, 4.69) is 37.9 Å². The molecule has 0 saturated carbocycles. The van der Waals surface area contributed by atoms with Crippen LogP contribution in [0.2, 0.25) is 0 Å². The van der Waals surface area contributed by atoms with E-state index in [1.54, 1.807) is 18.5 Å². The number of hydrogen-bond donors (Lipinski definition) is 1. The first-order valence-electron chi connectivity index (χ1n) is 8.31. The molecule has 4 rings (SSSR count). The summed E-state index contributed by atoms with van der Waals surface area (Å²) in [6.07, 6.45) is 3.40. The van der Waals surface area contributed by atoms with Gasteiger partial charge in [-0.1, -0.05) is 12.1 Å². The average Bonchev–Trinajstić information content (AvgIpc) is 3.04. The normalized spacial score (nSPS) is 11.6. The highest BCUT2D eigenvalue weighted by atomic mass is 127. The van der Waals surface area contributed by atoms with Crippen molar-refractivity contribution < 1.29 is 13.6 Å². The molecule has 0 radical (unpaired) electrons. The number of aromatic nitrogens is 2. The Morgan fingerprint density at radius 3 is 2.59 bits per heavy atom. The quantitative estimate of drug-likeness (QED) is 0.201. The van der Waals surface area contributed by atoms with Gasteiger partial charge >= 0.3 is 3.93 Å². The van der Waals surface area contributed by atoms with E-state index in [0.29, 0.717) is 10.6 Å². The molecule has 1 N–H and O–H groups in total. The molecule has 4 nitrogen and oxygen atoms in total. The molecule has 1 amide bonds. The molecular formula is C20H11F2I2N3OS. The van der Waals surface area contributed by atoms with E-state index < -0.39 is 3.93 Å². The van der Waals surface area contributed by atoms with Gasteiger partial charge in [0.25, 0.3) is 5.91 Å². The average molecular weight is 633 g/mol. The van der Waals surface area contributed by atoms with E-state index >= 15 is 0 Å². The fourth-order valence-corrected chi connectivity index (χ4v) is 5.23. The van der Waals surface area contributed by atoms with Gasteiger partial charge in [-0.25, -0.2) is 4.98 Å². The Hall–Kier alpha value is -1.73. The van der Waals surface area contributed by atoms with Crippen LogP contribution < -0.4 is 5.32 Å². The molecule has 0 saturated heterocycles. The van der Waals surface area contributed by atoms with Crippen molar-refractivity contribution in [3.05, 3.63) is 74.9 Å². The third-order valence-electron chi connectivity index (χ3n) is 4.12. The maximum Gasteiger partial charge on any atom is 0.321 e. The lowest BCUT2D eigenvalue weighted by atomic mass is 10.1. The van der Waals surface area contributed by atoms with Gasteiger partial charge in [-0.05, 0) is 59.0 Å². The summed E-state index contributed by atoms with van der Waals surface area (Å²) in [5.74, 6) is -0.350. The van der Waals surface area contributed by atoms with E-state index in [0.717, 1.165) is 47.6 Å². The third-order valence-corrected chi connectivity index (χ3v) is 7.33. The van der Waals surface area contributed by atoms with E-state index in [4.69, 9.17) is 0 Å². The number of halogens is 4. The largest absolute Gasteiger partial charge is 0.321 e. The van der Waals surface area contributed by atoms with Gasteiger partial charge < -0.3 is 5.32 Å². The van der Waals surface area contributed by atoms with Gasteiger partial charge in [0.1, 0.15) is 9.71 Å². The number of nitrogens with one attached hydrogen (secondary N) is 1. The van der Waals surface area contributed by atoms with E-state index in [-0.39, 0.29) is 11.5 Å². The van der Waals surface area contributed by atoms with Gasteiger partial charge in [-0.2, -0.15) is 8.78 Å². The summed E-state index contributed by atoms with van der Waals surface area (Å²) in [5, 5.41) is 3.59. The minimum absolute atomic E-state index is 0.161. The first-order valence-corrected chi connectivity index (χ1v) is 11.3. The molecule has 0 unspecified atom stereocenters. The number of nitrogens with zero attached hydrogens (tertiary/aromatic N) is 2. The molecular weight excluding hydrogens is 622 g/mol. The van der Waals surface area contributed by atoms with Crippen molar-refractivity contribution in [2.24, 2.45) is 0 Å². The summed E-state index contributed by atoms with van der Waals surface area (Å²) in [6.45, 7) is 0. The Bertz CT molecular complexity index is 1210. The lowest BCUT2D eigenvalue weighted by Gasteiger charge is -2.11. The fraction of sp³-hybridized carbons (Fsp3) is 0.0500. The van der Waals surface area contributed by atoms with Crippen LogP contribution in [0.25, 0.3) is 21.5 Å². The Labute approximate surface area is 196 Å². The van der Waals surface area contributed by atoms with Crippen molar-refractivity contribution >= 4 is 78.3 Å². The first kappa shape index (κ1) is 20.5. The van der Waals surface area contributed by atoms with E-state index in [9.17, 15) is 13.6 Å². The number of pyridine rings is 2. The third kappa shape index (κ3) is 4.40. The van der Waals surface area contributed by atoms with Gasteiger partial charge in [0.05, 0.1) is 5.69 Å².